The highest BCUT2D eigenvalue weighted by Gasteiger charge is 2.15. The third kappa shape index (κ3) is 3.42. The minimum absolute atomic E-state index is 0.470. The van der Waals surface area contributed by atoms with Gasteiger partial charge in [0.1, 0.15) is 11.8 Å². The van der Waals surface area contributed by atoms with E-state index in [9.17, 15) is 0 Å². The lowest BCUT2D eigenvalue weighted by Crippen LogP contribution is -2.07. The molecule has 3 nitrogen and oxygen atoms in total. The smallest absolute Gasteiger partial charge is 0.155 e. The van der Waals surface area contributed by atoms with Crippen molar-refractivity contribution in [2.24, 2.45) is 5.92 Å². The summed E-state index contributed by atoms with van der Waals surface area (Å²) in [6, 6.07) is 1.75. The Hall–Kier alpha value is -0.670. The van der Waals surface area contributed by atoms with Crippen LogP contribution >= 0.6 is 11.6 Å². The van der Waals surface area contributed by atoms with Gasteiger partial charge in [-0.3, -0.25) is 0 Å². The maximum absolute atomic E-state index is 5.85. The first-order valence-corrected chi connectivity index (χ1v) is 6.19. The number of rotatable bonds is 4. The topological polar surface area (TPSA) is 35.0 Å². The second-order valence-corrected chi connectivity index (χ2v) is 4.80. The van der Waals surface area contributed by atoms with Gasteiger partial charge in [0.05, 0.1) is 0 Å². The van der Waals surface area contributed by atoms with Crippen molar-refractivity contribution in [2.45, 2.75) is 39.2 Å². The molecule has 1 aliphatic carbocycles. The van der Waals surface area contributed by atoms with Gasteiger partial charge in [0.2, 0.25) is 0 Å². The van der Waals surface area contributed by atoms with Crippen LogP contribution in [-0.4, -0.2) is 16.6 Å². The van der Waals surface area contributed by atoms with Crippen molar-refractivity contribution in [1.29, 1.82) is 0 Å². The fraction of sp³-hybridized carbons (Fsp3) is 0.667. The quantitative estimate of drug-likeness (QED) is 0.759. The SMILES string of the molecule is Cc1cc(Cl)nc(COCC2CCCC2)n1. The van der Waals surface area contributed by atoms with Crippen LogP contribution in [0.15, 0.2) is 6.07 Å². The lowest BCUT2D eigenvalue weighted by atomic mass is 10.1. The number of halogens is 1. The molecule has 1 heterocycles. The van der Waals surface area contributed by atoms with Gasteiger partial charge in [0.25, 0.3) is 0 Å². The monoisotopic (exact) mass is 240 g/mol. The van der Waals surface area contributed by atoms with Crippen molar-refractivity contribution in [3.05, 3.63) is 22.7 Å². The van der Waals surface area contributed by atoms with E-state index in [0.29, 0.717) is 17.6 Å². The molecule has 0 N–H and O–H groups in total. The van der Waals surface area contributed by atoms with Crippen LogP contribution in [0.5, 0.6) is 0 Å². The highest BCUT2D eigenvalue weighted by molar-refractivity contribution is 6.29. The van der Waals surface area contributed by atoms with Crippen LogP contribution in [0.3, 0.4) is 0 Å². The van der Waals surface area contributed by atoms with E-state index in [1.165, 1.54) is 25.7 Å². The molecule has 0 aliphatic heterocycles. The van der Waals surface area contributed by atoms with E-state index < -0.39 is 0 Å². The summed E-state index contributed by atoms with van der Waals surface area (Å²) in [6.45, 7) is 3.21. The average molecular weight is 241 g/mol. The lowest BCUT2D eigenvalue weighted by molar-refractivity contribution is 0.0843. The number of hydrogen-bond donors (Lipinski definition) is 0. The second-order valence-electron chi connectivity index (χ2n) is 4.41. The maximum atomic E-state index is 5.85. The number of ether oxygens (including phenoxy) is 1. The van der Waals surface area contributed by atoms with E-state index in [1.54, 1.807) is 6.07 Å². The van der Waals surface area contributed by atoms with Gasteiger partial charge in [0, 0.05) is 12.3 Å². The predicted molar refractivity (Wildman–Crippen MR) is 63.4 cm³/mol. The molecule has 0 aromatic carbocycles. The van der Waals surface area contributed by atoms with Crippen molar-refractivity contribution in [3.63, 3.8) is 0 Å². The molecule has 0 atom stereocenters. The van der Waals surface area contributed by atoms with Gasteiger partial charge >= 0.3 is 0 Å². The molecule has 1 saturated carbocycles. The molecule has 1 aliphatic rings. The van der Waals surface area contributed by atoms with Crippen LogP contribution in [0, 0.1) is 12.8 Å². The first-order chi connectivity index (χ1) is 7.74. The Morgan fingerprint density at radius 3 is 2.81 bits per heavy atom. The zero-order valence-electron chi connectivity index (χ0n) is 9.58. The summed E-state index contributed by atoms with van der Waals surface area (Å²) in [4.78, 5) is 8.41. The van der Waals surface area contributed by atoms with E-state index in [4.69, 9.17) is 16.3 Å². The molecule has 0 spiro atoms. The van der Waals surface area contributed by atoms with Crippen LogP contribution in [0.2, 0.25) is 5.15 Å². The summed E-state index contributed by atoms with van der Waals surface area (Å²) in [5.41, 5.74) is 0.888. The average Bonchev–Trinajstić information content (AvgIpc) is 2.69. The Bertz CT molecular complexity index is 331. The summed E-state index contributed by atoms with van der Waals surface area (Å²) in [5.74, 6) is 1.42. The molecular formula is C12H17ClN2O. The Morgan fingerprint density at radius 2 is 2.12 bits per heavy atom. The van der Waals surface area contributed by atoms with E-state index in [2.05, 4.69) is 9.97 Å². The van der Waals surface area contributed by atoms with Gasteiger partial charge in [-0.05, 0) is 31.7 Å². The zero-order valence-corrected chi connectivity index (χ0v) is 10.3. The summed E-state index contributed by atoms with van der Waals surface area (Å²) in [5, 5.41) is 0.493. The van der Waals surface area contributed by atoms with E-state index >= 15 is 0 Å². The van der Waals surface area contributed by atoms with Crippen LogP contribution in [0.1, 0.15) is 37.2 Å². The minimum atomic E-state index is 0.470. The van der Waals surface area contributed by atoms with Gasteiger partial charge in [0.15, 0.2) is 5.82 Å². The largest absolute Gasteiger partial charge is 0.373 e. The number of aromatic nitrogens is 2. The van der Waals surface area contributed by atoms with Crippen molar-refractivity contribution in [3.8, 4) is 0 Å². The van der Waals surface area contributed by atoms with E-state index in [1.807, 2.05) is 6.92 Å². The van der Waals surface area contributed by atoms with Crippen molar-refractivity contribution < 1.29 is 4.74 Å². The molecule has 0 saturated heterocycles. The normalized spacial score (nSPS) is 16.9. The first-order valence-electron chi connectivity index (χ1n) is 5.82. The Labute approximate surface area is 101 Å². The van der Waals surface area contributed by atoms with Gasteiger partial charge in [-0.2, -0.15) is 0 Å². The molecule has 0 unspecified atom stereocenters. The van der Waals surface area contributed by atoms with Gasteiger partial charge in [-0.1, -0.05) is 24.4 Å². The van der Waals surface area contributed by atoms with Gasteiger partial charge in [-0.25, -0.2) is 9.97 Å². The van der Waals surface area contributed by atoms with Crippen molar-refractivity contribution in [1.82, 2.24) is 9.97 Å². The molecule has 0 bridgehead atoms. The molecule has 0 amide bonds. The summed E-state index contributed by atoms with van der Waals surface area (Å²) >= 11 is 5.85. The second kappa shape index (κ2) is 5.60. The first kappa shape index (κ1) is 11.8. The van der Waals surface area contributed by atoms with E-state index in [-0.39, 0.29) is 0 Å². The molecule has 0 radical (unpaired) electrons. The third-order valence-electron chi connectivity index (χ3n) is 2.93. The zero-order chi connectivity index (χ0) is 11.4. The molecule has 88 valence electrons. The van der Waals surface area contributed by atoms with Gasteiger partial charge < -0.3 is 4.74 Å². The molecule has 2 rings (SSSR count). The van der Waals surface area contributed by atoms with Crippen LogP contribution in [0.4, 0.5) is 0 Å². The van der Waals surface area contributed by atoms with Crippen LogP contribution in [-0.2, 0) is 11.3 Å². The summed E-state index contributed by atoms with van der Waals surface area (Å²) < 4.78 is 5.63. The maximum Gasteiger partial charge on any atom is 0.155 e. The fourth-order valence-corrected chi connectivity index (χ4v) is 2.40. The predicted octanol–water partition coefficient (Wildman–Crippen LogP) is 3.15. The highest BCUT2D eigenvalue weighted by Crippen LogP contribution is 2.24. The molecular weight excluding hydrogens is 224 g/mol. The molecule has 4 heteroatoms. The minimum Gasteiger partial charge on any atom is -0.373 e. The number of hydrogen-bond acceptors (Lipinski definition) is 3. The Morgan fingerprint density at radius 1 is 1.38 bits per heavy atom. The summed E-state index contributed by atoms with van der Waals surface area (Å²) in [7, 11) is 0. The fourth-order valence-electron chi connectivity index (χ4n) is 2.15. The lowest BCUT2D eigenvalue weighted by Gasteiger charge is -2.09. The molecule has 1 fully saturated rings. The van der Waals surface area contributed by atoms with Crippen molar-refractivity contribution >= 4 is 11.6 Å². The van der Waals surface area contributed by atoms with Crippen LogP contribution in [0.25, 0.3) is 0 Å². The van der Waals surface area contributed by atoms with Crippen LogP contribution < -0.4 is 0 Å². The Kier molecular flexibility index (Phi) is 4.13. The molecule has 16 heavy (non-hydrogen) atoms. The highest BCUT2D eigenvalue weighted by atomic mass is 35.5. The Balaban J connectivity index is 1.80. The summed E-state index contributed by atoms with van der Waals surface area (Å²) in [6.07, 6.45) is 5.30. The molecule has 1 aromatic rings. The number of nitrogens with zero attached hydrogens (tertiary/aromatic N) is 2. The third-order valence-corrected chi connectivity index (χ3v) is 3.12. The van der Waals surface area contributed by atoms with E-state index in [0.717, 1.165) is 18.2 Å². The van der Waals surface area contributed by atoms with Gasteiger partial charge in [-0.15, -0.1) is 0 Å². The molecule has 1 aromatic heterocycles. The standard InChI is InChI=1S/C12H17ClN2O/c1-9-6-11(13)15-12(14-9)8-16-7-10-4-2-3-5-10/h6,10H,2-5,7-8H2,1H3. The van der Waals surface area contributed by atoms with Crippen molar-refractivity contribution in [2.75, 3.05) is 6.61 Å². The number of aryl methyl sites for hydroxylation is 1.